The first-order valence-corrected chi connectivity index (χ1v) is 7.35. The predicted octanol–water partition coefficient (Wildman–Crippen LogP) is 0.516. The van der Waals surface area contributed by atoms with Crippen LogP contribution in [0.4, 0.5) is 5.69 Å². The van der Waals surface area contributed by atoms with Gasteiger partial charge in [-0.25, -0.2) is 13.1 Å². The predicted molar refractivity (Wildman–Crippen MR) is 73.7 cm³/mol. The molecule has 0 saturated carbocycles. The Kier molecular flexibility index (Phi) is 5.57. The number of sulfonamides is 1. The van der Waals surface area contributed by atoms with Crippen molar-refractivity contribution in [1.29, 1.82) is 0 Å². The van der Waals surface area contributed by atoms with E-state index in [0.717, 1.165) is 0 Å². The molecule has 0 aliphatic carbocycles. The standard InChI is InChI=1S/C11H17ClN2O4S/c1-7-3-9(12)10(13)4-11(7)19(16,17)14-8(5-15)6-18-2/h3-4,8,14-15H,5-6,13H2,1-2H3. The molecule has 1 unspecified atom stereocenters. The number of rotatable bonds is 6. The van der Waals surface area contributed by atoms with E-state index in [1.807, 2.05) is 0 Å². The monoisotopic (exact) mass is 308 g/mol. The molecule has 1 aromatic carbocycles. The smallest absolute Gasteiger partial charge is 0.241 e. The maximum atomic E-state index is 12.2. The number of anilines is 1. The Morgan fingerprint density at radius 2 is 2.16 bits per heavy atom. The minimum atomic E-state index is -3.79. The summed E-state index contributed by atoms with van der Waals surface area (Å²) in [4.78, 5) is 0.0314. The van der Waals surface area contributed by atoms with E-state index >= 15 is 0 Å². The molecule has 0 amide bonds. The van der Waals surface area contributed by atoms with Crippen molar-refractivity contribution >= 4 is 27.3 Å². The van der Waals surface area contributed by atoms with Crippen LogP contribution in [0, 0.1) is 6.92 Å². The average Bonchev–Trinajstić information content (AvgIpc) is 2.32. The van der Waals surface area contributed by atoms with Gasteiger partial charge in [-0.05, 0) is 24.6 Å². The molecule has 1 rings (SSSR count). The van der Waals surface area contributed by atoms with Gasteiger partial charge in [0, 0.05) is 7.11 Å². The first-order chi connectivity index (χ1) is 8.81. The van der Waals surface area contributed by atoms with Crippen LogP contribution < -0.4 is 10.5 Å². The molecular weight excluding hydrogens is 292 g/mol. The van der Waals surface area contributed by atoms with Crippen molar-refractivity contribution in [1.82, 2.24) is 4.72 Å². The van der Waals surface area contributed by atoms with Gasteiger partial charge in [-0.15, -0.1) is 0 Å². The highest BCUT2D eigenvalue weighted by Crippen LogP contribution is 2.26. The van der Waals surface area contributed by atoms with Crippen molar-refractivity contribution < 1.29 is 18.3 Å². The van der Waals surface area contributed by atoms with E-state index in [0.29, 0.717) is 10.6 Å². The van der Waals surface area contributed by atoms with E-state index in [9.17, 15) is 8.42 Å². The van der Waals surface area contributed by atoms with E-state index in [1.54, 1.807) is 6.92 Å². The molecule has 6 nitrogen and oxygen atoms in total. The normalized spacial score (nSPS) is 13.5. The van der Waals surface area contributed by atoms with Crippen molar-refractivity contribution in [3.05, 3.63) is 22.7 Å². The number of nitrogen functional groups attached to an aromatic ring is 1. The number of halogens is 1. The fourth-order valence-corrected chi connectivity index (χ4v) is 3.26. The number of aliphatic hydroxyl groups excluding tert-OH is 1. The van der Waals surface area contributed by atoms with Crippen LogP contribution >= 0.6 is 11.6 Å². The van der Waals surface area contributed by atoms with Crippen molar-refractivity contribution in [2.45, 2.75) is 17.9 Å². The largest absolute Gasteiger partial charge is 0.397 e. The number of benzene rings is 1. The number of methoxy groups -OCH3 is 1. The molecule has 4 N–H and O–H groups in total. The summed E-state index contributed by atoms with van der Waals surface area (Å²) in [5.41, 5.74) is 6.26. The summed E-state index contributed by atoms with van der Waals surface area (Å²) in [6.07, 6.45) is 0. The number of nitrogens with two attached hydrogens (primary N) is 1. The molecule has 108 valence electrons. The van der Waals surface area contributed by atoms with Crippen LogP contribution in [0.25, 0.3) is 0 Å². The second-order valence-corrected chi connectivity index (χ2v) is 6.18. The molecule has 0 spiro atoms. The zero-order valence-electron chi connectivity index (χ0n) is 10.7. The number of nitrogens with one attached hydrogen (secondary N) is 1. The first kappa shape index (κ1) is 16.2. The summed E-state index contributed by atoms with van der Waals surface area (Å²) in [6.45, 7) is 1.32. The molecule has 0 bridgehead atoms. The van der Waals surface area contributed by atoms with Crippen molar-refractivity contribution in [3.63, 3.8) is 0 Å². The van der Waals surface area contributed by atoms with Gasteiger partial charge in [0.2, 0.25) is 10.0 Å². The summed E-state index contributed by atoms with van der Waals surface area (Å²) >= 11 is 5.82. The highest BCUT2D eigenvalue weighted by Gasteiger charge is 2.22. The van der Waals surface area contributed by atoms with Crippen molar-refractivity contribution in [3.8, 4) is 0 Å². The van der Waals surface area contributed by atoms with Gasteiger partial charge in [0.1, 0.15) is 0 Å². The fraction of sp³-hybridized carbons (Fsp3) is 0.455. The summed E-state index contributed by atoms with van der Waals surface area (Å²) in [7, 11) is -2.37. The Labute approximate surface area is 117 Å². The number of aliphatic hydroxyl groups is 1. The van der Waals surface area contributed by atoms with Crippen LogP contribution in [0.1, 0.15) is 5.56 Å². The molecule has 0 radical (unpaired) electrons. The number of hydrogen-bond acceptors (Lipinski definition) is 5. The second-order valence-electron chi connectivity index (χ2n) is 4.10. The third-order valence-electron chi connectivity index (χ3n) is 2.49. The lowest BCUT2D eigenvalue weighted by Crippen LogP contribution is -2.40. The molecule has 0 saturated heterocycles. The molecule has 19 heavy (non-hydrogen) atoms. The molecule has 0 aliphatic heterocycles. The quantitative estimate of drug-likeness (QED) is 0.665. The van der Waals surface area contributed by atoms with Crippen molar-refractivity contribution in [2.24, 2.45) is 0 Å². The summed E-state index contributed by atoms with van der Waals surface area (Å²) in [6, 6.07) is 2.06. The Bertz CT molecular complexity index is 548. The Hall–Kier alpha value is -0.860. The molecule has 0 fully saturated rings. The molecule has 8 heteroatoms. The van der Waals surface area contributed by atoms with Crippen molar-refractivity contribution in [2.75, 3.05) is 26.1 Å². The van der Waals surface area contributed by atoms with Gasteiger partial charge in [-0.1, -0.05) is 11.6 Å². The maximum Gasteiger partial charge on any atom is 0.241 e. The van der Waals surface area contributed by atoms with Crippen LogP contribution in [0.5, 0.6) is 0 Å². The van der Waals surface area contributed by atoms with Gasteiger partial charge >= 0.3 is 0 Å². The van der Waals surface area contributed by atoms with E-state index in [2.05, 4.69) is 4.72 Å². The summed E-state index contributed by atoms with van der Waals surface area (Å²) in [5, 5.41) is 9.38. The van der Waals surface area contributed by atoms with Crippen LogP contribution in [0.3, 0.4) is 0 Å². The third-order valence-corrected chi connectivity index (χ3v) is 4.48. The van der Waals surface area contributed by atoms with Crippen LogP contribution in [-0.2, 0) is 14.8 Å². The zero-order chi connectivity index (χ0) is 14.6. The lowest BCUT2D eigenvalue weighted by Gasteiger charge is -2.17. The molecule has 0 aliphatic rings. The van der Waals surface area contributed by atoms with Gasteiger partial charge in [0.05, 0.1) is 34.9 Å². The lowest BCUT2D eigenvalue weighted by molar-refractivity contribution is 0.139. The number of hydrogen-bond donors (Lipinski definition) is 3. The Balaban J connectivity index is 3.10. The molecule has 0 aromatic heterocycles. The minimum Gasteiger partial charge on any atom is -0.397 e. The highest BCUT2D eigenvalue weighted by atomic mass is 35.5. The highest BCUT2D eigenvalue weighted by molar-refractivity contribution is 7.89. The van der Waals surface area contributed by atoms with Crippen LogP contribution in [0.2, 0.25) is 5.02 Å². The topological polar surface area (TPSA) is 102 Å². The van der Waals surface area contributed by atoms with E-state index in [4.69, 9.17) is 27.2 Å². The average molecular weight is 309 g/mol. The van der Waals surface area contributed by atoms with Gasteiger partial charge in [-0.3, -0.25) is 0 Å². The second kappa shape index (κ2) is 6.53. The molecule has 0 heterocycles. The van der Waals surface area contributed by atoms with Crippen LogP contribution in [-0.4, -0.2) is 39.9 Å². The molecular formula is C11H17ClN2O4S. The summed E-state index contributed by atoms with van der Waals surface area (Å²) < 4.78 is 31.5. The number of aryl methyl sites for hydroxylation is 1. The first-order valence-electron chi connectivity index (χ1n) is 5.49. The molecule has 1 atom stereocenters. The van der Waals surface area contributed by atoms with Gasteiger partial charge in [0.15, 0.2) is 0 Å². The Morgan fingerprint density at radius 3 is 2.68 bits per heavy atom. The maximum absolute atomic E-state index is 12.2. The van der Waals surface area contributed by atoms with E-state index in [-0.39, 0.29) is 23.8 Å². The van der Waals surface area contributed by atoms with Gasteiger partial charge in [0.25, 0.3) is 0 Å². The number of ether oxygens (including phenoxy) is 1. The minimum absolute atomic E-state index is 0.0314. The van der Waals surface area contributed by atoms with E-state index in [1.165, 1.54) is 19.2 Å². The third kappa shape index (κ3) is 4.05. The van der Waals surface area contributed by atoms with E-state index < -0.39 is 16.1 Å². The SMILES string of the molecule is COCC(CO)NS(=O)(=O)c1cc(N)c(Cl)cc1C. The van der Waals surface area contributed by atoms with Gasteiger partial charge in [-0.2, -0.15) is 0 Å². The Morgan fingerprint density at radius 1 is 1.53 bits per heavy atom. The lowest BCUT2D eigenvalue weighted by atomic mass is 10.2. The van der Waals surface area contributed by atoms with Crippen LogP contribution in [0.15, 0.2) is 17.0 Å². The fourth-order valence-electron chi connectivity index (χ4n) is 1.57. The molecule has 1 aromatic rings. The summed E-state index contributed by atoms with van der Waals surface area (Å²) in [5.74, 6) is 0. The zero-order valence-corrected chi connectivity index (χ0v) is 12.3. The van der Waals surface area contributed by atoms with Gasteiger partial charge < -0.3 is 15.6 Å².